The molecule has 0 bridgehead atoms. The Balaban J connectivity index is 1.96. The lowest BCUT2D eigenvalue weighted by atomic mass is 10.1. The van der Waals surface area contributed by atoms with Crippen LogP contribution < -0.4 is 14.8 Å². The van der Waals surface area contributed by atoms with Crippen LogP contribution in [0, 0.1) is 5.92 Å². The predicted molar refractivity (Wildman–Crippen MR) is 107 cm³/mol. The highest BCUT2D eigenvalue weighted by Gasteiger charge is 2.24. The van der Waals surface area contributed by atoms with Crippen molar-refractivity contribution < 1.29 is 19.0 Å². The van der Waals surface area contributed by atoms with Crippen molar-refractivity contribution in [1.82, 2.24) is 10.2 Å². The van der Waals surface area contributed by atoms with Gasteiger partial charge in [-0.15, -0.1) is 0 Å². The zero-order chi connectivity index (χ0) is 19.8. The van der Waals surface area contributed by atoms with E-state index in [-0.39, 0.29) is 18.0 Å². The number of hydrogen-bond donors (Lipinski definition) is 1. The van der Waals surface area contributed by atoms with E-state index >= 15 is 0 Å². The fraction of sp³-hybridized carbons (Fsp3) is 0.667. The summed E-state index contributed by atoms with van der Waals surface area (Å²) in [6.45, 7) is 12.4. The molecule has 6 heteroatoms. The number of nitrogens with zero attached hydrogens (tertiary/aromatic N) is 1. The Kier molecular flexibility index (Phi) is 8.38. The minimum atomic E-state index is -0.102. The van der Waals surface area contributed by atoms with E-state index in [1.54, 1.807) is 19.2 Å². The monoisotopic (exact) mass is 378 g/mol. The molecule has 2 unspecified atom stereocenters. The normalized spacial score (nSPS) is 17.4. The van der Waals surface area contributed by atoms with Gasteiger partial charge in [-0.3, -0.25) is 9.69 Å². The van der Waals surface area contributed by atoms with Crippen molar-refractivity contribution in [1.29, 1.82) is 0 Å². The minimum Gasteiger partial charge on any atom is -0.493 e. The highest BCUT2D eigenvalue weighted by molar-refractivity contribution is 5.95. The average molecular weight is 379 g/mol. The van der Waals surface area contributed by atoms with Crippen LogP contribution in [0.1, 0.15) is 44.5 Å². The Hall–Kier alpha value is -1.79. The maximum Gasteiger partial charge on any atom is 0.251 e. The zero-order valence-electron chi connectivity index (χ0n) is 17.3. The van der Waals surface area contributed by atoms with Crippen molar-refractivity contribution in [2.45, 2.75) is 46.2 Å². The largest absolute Gasteiger partial charge is 0.493 e. The molecule has 1 aliphatic rings. The van der Waals surface area contributed by atoms with Gasteiger partial charge in [-0.1, -0.05) is 13.8 Å². The Labute approximate surface area is 163 Å². The molecule has 0 aliphatic carbocycles. The summed E-state index contributed by atoms with van der Waals surface area (Å²) in [5.74, 6) is 1.73. The lowest BCUT2D eigenvalue weighted by molar-refractivity contribution is 0.0137. The number of nitrogens with one attached hydrogen (secondary N) is 1. The molecule has 1 N–H and O–H groups in total. The molecular weight excluding hydrogens is 344 g/mol. The Morgan fingerprint density at radius 2 is 1.89 bits per heavy atom. The molecule has 6 nitrogen and oxygen atoms in total. The molecule has 0 radical (unpaired) electrons. The van der Waals surface area contributed by atoms with Gasteiger partial charge in [0, 0.05) is 30.7 Å². The van der Waals surface area contributed by atoms with Crippen LogP contribution in [-0.4, -0.2) is 62.9 Å². The van der Waals surface area contributed by atoms with Gasteiger partial charge in [0.1, 0.15) is 0 Å². The molecule has 0 aromatic heterocycles. The molecule has 0 spiro atoms. The number of carbonyl (C=O) groups is 1. The number of hydrogen-bond acceptors (Lipinski definition) is 5. The third-order valence-corrected chi connectivity index (χ3v) is 5.08. The number of methoxy groups -OCH3 is 1. The highest BCUT2D eigenvalue weighted by atomic mass is 16.5. The van der Waals surface area contributed by atoms with E-state index in [0.29, 0.717) is 29.6 Å². The number of rotatable bonds is 9. The second-order valence-electron chi connectivity index (χ2n) is 7.55. The summed E-state index contributed by atoms with van der Waals surface area (Å²) in [7, 11) is 1.59. The standard InChI is InChI=1S/C21H34N2O4/c1-15(2)8-11-27-19-7-6-18(14-20(19)25-5)21(24)22-16(3)17(4)23-9-12-26-13-10-23/h6-7,14-17H,8-13H2,1-5H3,(H,22,24). The molecule has 1 aromatic rings. The van der Waals surface area contributed by atoms with Crippen molar-refractivity contribution in [2.24, 2.45) is 5.92 Å². The lowest BCUT2D eigenvalue weighted by Crippen LogP contribution is -2.52. The SMILES string of the molecule is COc1cc(C(=O)NC(C)C(C)N2CCOCC2)ccc1OCCC(C)C. The Morgan fingerprint density at radius 1 is 1.19 bits per heavy atom. The maximum atomic E-state index is 12.7. The molecule has 1 heterocycles. The molecule has 1 fully saturated rings. The van der Waals surface area contributed by atoms with Crippen LogP contribution >= 0.6 is 0 Å². The summed E-state index contributed by atoms with van der Waals surface area (Å²) >= 11 is 0. The zero-order valence-corrected chi connectivity index (χ0v) is 17.3. The van der Waals surface area contributed by atoms with Crippen LogP contribution in [0.2, 0.25) is 0 Å². The predicted octanol–water partition coefficient (Wildman–Crippen LogP) is 2.96. The Bertz CT molecular complexity index is 600. The second kappa shape index (κ2) is 10.5. The average Bonchev–Trinajstić information content (AvgIpc) is 2.67. The fourth-order valence-corrected chi connectivity index (χ4v) is 3.04. The van der Waals surface area contributed by atoms with Gasteiger partial charge in [-0.25, -0.2) is 0 Å². The number of morpholine rings is 1. The summed E-state index contributed by atoms with van der Waals surface area (Å²) in [5.41, 5.74) is 0.573. The summed E-state index contributed by atoms with van der Waals surface area (Å²) in [6, 6.07) is 5.62. The van der Waals surface area contributed by atoms with E-state index in [1.165, 1.54) is 0 Å². The molecule has 27 heavy (non-hydrogen) atoms. The van der Waals surface area contributed by atoms with Gasteiger partial charge in [0.2, 0.25) is 0 Å². The van der Waals surface area contributed by atoms with Gasteiger partial charge in [-0.2, -0.15) is 0 Å². The number of amides is 1. The number of ether oxygens (including phenoxy) is 3. The highest BCUT2D eigenvalue weighted by Crippen LogP contribution is 2.28. The maximum absolute atomic E-state index is 12.7. The molecule has 2 rings (SSSR count). The molecule has 152 valence electrons. The van der Waals surface area contributed by atoms with Crippen LogP contribution in [0.4, 0.5) is 0 Å². The quantitative estimate of drug-likeness (QED) is 0.716. The van der Waals surface area contributed by atoms with Crippen LogP contribution in [0.5, 0.6) is 11.5 Å². The van der Waals surface area contributed by atoms with Crippen molar-refractivity contribution in [3.8, 4) is 11.5 Å². The summed E-state index contributed by atoms with van der Waals surface area (Å²) < 4.78 is 16.6. The molecule has 2 atom stereocenters. The first-order valence-electron chi connectivity index (χ1n) is 9.85. The van der Waals surface area contributed by atoms with Gasteiger partial charge < -0.3 is 19.5 Å². The number of benzene rings is 1. The molecule has 0 saturated carbocycles. The van der Waals surface area contributed by atoms with Crippen LogP contribution in [0.25, 0.3) is 0 Å². The van der Waals surface area contributed by atoms with E-state index < -0.39 is 0 Å². The topological polar surface area (TPSA) is 60.0 Å². The molecule has 1 saturated heterocycles. The second-order valence-corrected chi connectivity index (χ2v) is 7.55. The first kappa shape index (κ1) is 21.5. The van der Waals surface area contributed by atoms with E-state index in [9.17, 15) is 4.79 Å². The van der Waals surface area contributed by atoms with Gasteiger partial charge in [0.05, 0.1) is 26.9 Å². The van der Waals surface area contributed by atoms with Gasteiger partial charge in [0.15, 0.2) is 11.5 Å². The third kappa shape index (κ3) is 6.40. The fourth-order valence-electron chi connectivity index (χ4n) is 3.04. The minimum absolute atomic E-state index is 0.0311. The van der Waals surface area contributed by atoms with Crippen molar-refractivity contribution in [2.75, 3.05) is 40.0 Å². The van der Waals surface area contributed by atoms with Crippen molar-refractivity contribution in [3.63, 3.8) is 0 Å². The molecule has 1 aliphatic heterocycles. The van der Waals surface area contributed by atoms with E-state index in [1.807, 2.05) is 13.0 Å². The lowest BCUT2D eigenvalue weighted by Gasteiger charge is -2.35. The van der Waals surface area contributed by atoms with Crippen LogP contribution in [0.15, 0.2) is 18.2 Å². The molecular formula is C21H34N2O4. The summed E-state index contributed by atoms with van der Waals surface area (Å²) in [4.78, 5) is 15.0. The number of carbonyl (C=O) groups excluding carboxylic acids is 1. The Morgan fingerprint density at radius 3 is 2.52 bits per heavy atom. The van der Waals surface area contributed by atoms with Gasteiger partial charge in [0.25, 0.3) is 5.91 Å². The van der Waals surface area contributed by atoms with Crippen LogP contribution in [0.3, 0.4) is 0 Å². The smallest absolute Gasteiger partial charge is 0.251 e. The van der Waals surface area contributed by atoms with E-state index in [0.717, 1.165) is 32.7 Å². The van der Waals surface area contributed by atoms with E-state index in [2.05, 4.69) is 31.0 Å². The summed E-state index contributed by atoms with van der Waals surface area (Å²) in [6.07, 6.45) is 0.975. The van der Waals surface area contributed by atoms with Crippen molar-refractivity contribution >= 4 is 5.91 Å². The summed E-state index contributed by atoms with van der Waals surface area (Å²) in [5, 5.41) is 3.10. The van der Waals surface area contributed by atoms with Crippen molar-refractivity contribution in [3.05, 3.63) is 23.8 Å². The first-order chi connectivity index (χ1) is 12.9. The van der Waals surface area contributed by atoms with E-state index in [4.69, 9.17) is 14.2 Å². The van der Waals surface area contributed by atoms with Gasteiger partial charge in [-0.05, 0) is 44.4 Å². The third-order valence-electron chi connectivity index (χ3n) is 5.08. The first-order valence-corrected chi connectivity index (χ1v) is 9.85. The molecule has 1 amide bonds. The van der Waals surface area contributed by atoms with Crippen LogP contribution in [-0.2, 0) is 4.74 Å². The molecule has 1 aromatic carbocycles. The van der Waals surface area contributed by atoms with Gasteiger partial charge >= 0.3 is 0 Å².